The van der Waals surface area contributed by atoms with E-state index in [0.717, 1.165) is 11.1 Å². The fourth-order valence-corrected chi connectivity index (χ4v) is 2.19. The normalized spacial score (nSPS) is 10.9. The highest BCUT2D eigenvalue weighted by Gasteiger charge is 2.12. The molecule has 0 amide bonds. The van der Waals surface area contributed by atoms with Crippen LogP contribution in [-0.2, 0) is 6.54 Å². The van der Waals surface area contributed by atoms with Crippen molar-refractivity contribution < 1.29 is 4.74 Å². The van der Waals surface area contributed by atoms with Crippen molar-refractivity contribution in [2.45, 2.75) is 27.3 Å². The number of nitrogens with two attached hydrogens (primary N) is 1. The van der Waals surface area contributed by atoms with Gasteiger partial charge in [-0.15, -0.1) is 0 Å². The van der Waals surface area contributed by atoms with Gasteiger partial charge >= 0.3 is 0 Å². The smallest absolute Gasteiger partial charge is 0.289 e. The topological polar surface area (TPSA) is 70.1 Å². The zero-order valence-corrected chi connectivity index (χ0v) is 12.9. The Bertz CT molecular complexity index is 705. The van der Waals surface area contributed by atoms with Gasteiger partial charge in [0.15, 0.2) is 0 Å². The highest BCUT2D eigenvalue weighted by molar-refractivity contribution is 5.69. The predicted octanol–water partition coefficient (Wildman–Crippen LogP) is 2.47. The highest BCUT2D eigenvalue weighted by Crippen LogP contribution is 2.29. The molecule has 0 saturated heterocycles. The second-order valence-electron chi connectivity index (χ2n) is 5.57. The summed E-state index contributed by atoms with van der Waals surface area (Å²) in [5, 5.41) is 4.44. The summed E-state index contributed by atoms with van der Waals surface area (Å²) < 4.78 is 6.81. The average molecular weight is 287 g/mol. The van der Waals surface area contributed by atoms with Crippen LogP contribution in [0.15, 0.2) is 29.1 Å². The molecule has 0 radical (unpaired) electrons. The summed E-state index contributed by atoms with van der Waals surface area (Å²) in [4.78, 5) is 12.1. The third-order valence-corrected chi connectivity index (χ3v) is 3.17. The maximum Gasteiger partial charge on any atom is 0.289 e. The second kappa shape index (κ2) is 5.99. The molecular weight excluding hydrogens is 266 g/mol. The Labute approximate surface area is 124 Å². The molecule has 21 heavy (non-hydrogen) atoms. The first-order valence-corrected chi connectivity index (χ1v) is 6.95. The number of aromatic nitrogens is 2. The Morgan fingerprint density at radius 3 is 2.67 bits per heavy atom. The third-order valence-electron chi connectivity index (χ3n) is 3.17. The van der Waals surface area contributed by atoms with Gasteiger partial charge in [0.1, 0.15) is 11.4 Å². The monoisotopic (exact) mass is 287 g/mol. The van der Waals surface area contributed by atoms with Crippen LogP contribution in [0.3, 0.4) is 0 Å². The minimum absolute atomic E-state index is 0.198. The molecule has 5 heteroatoms. The molecule has 0 spiro atoms. The molecule has 0 bridgehead atoms. The van der Waals surface area contributed by atoms with Crippen LogP contribution < -0.4 is 16.0 Å². The van der Waals surface area contributed by atoms with Gasteiger partial charge in [-0.2, -0.15) is 5.10 Å². The zero-order valence-electron chi connectivity index (χ0n) is 12.9. The van der Waals surface area contributed by atoms with Crippen LogP contribution in [0.2, 0.25) is 0 Å². The van der Waals surface area contributed by atoms with Crippen LogP contribution in [-0.4, -0.2) is 16.9 Å². The Balaban J connectivity index is 2.62. The summed E-state index contributed by atoms with van der Waals surface area (Å²) in [5.41, 5.74) is 8.37. The summed E-state index contributed by atoms with van der Waals surface area (Å²) >= 11 is 0. The van der Waals surface area contributed by atoms with Gasteiger partial charge < -0.3 is 10.5 Å². The summed E-state index contributed by atoms with van der Waals surface area (Å²) in [6, 6.07) is 7.44. The van der Waals surface area contributed by atoms with E-state index >= 15 is 0 Å². The Kier molecular flexibility index (Phi) is 4.31. The molecule has 2 rings (SSSR count). The zero-order chi connectivity index (χ0) is 15.6. The molecule has 0 atom stereocenters. The van der Waals surface area contributed by atoms with E-state index in [9.17, 15) is 4.79 Å². The van der Waals surface area contributed by atoms with E-state index in [1.54, 1.807) is 13.2 Å². The molecule has 0 saturated carbocycles. The van der Waals surface area contributed by atoms with Crippen LogP contribution in [0, 0.1) is 12.8 Å². The minimum atomic E-state index is -0.251. The fraction of sp³-hybridized carbons (Fsp3) is 0.375. The van der Waals surface area contributed by atoms with Crippen LogP contribution in [0.5, 0.6) is 5.75 Å². The number of rotatable bonds is 4. The van der Waals surface area contributed by atoms with Crippen molar-refractivity contribution >= 4 is 5.69 Å². The molecule has 0 aliphatic carbocycles. The van der Waals surface area contributed by atoms with Gasteiger partial charge in [0, 0.05) is 12.1 Å². The standard InChI is InChI=1S/C16H21N3O2/c1-10(2)9-19-16(20)13(17)8-14(18-19)12-7-11(3)5-6-15(12)21-4/h5-8,10H,9,17H2,1-4H3. The van der Waals surface area contributed by atoms with Crippen molar-refractivity contribution in [2.75, 3.05) is 12.8 Å². The molecule has 1 heterocycles. The number of hydrogen-bond donors (Lipinski definition) is 1. The minimum Gasteiger partial charge on any atom is -0.496 e. The van der Waals surface area contributed by atoms with Gasteiger partial charge in [0.25, 0.3) is 5.56 Å². The molecule has 2 aromatic rings. The first-order chi connectivity index (χ1) is 9.92. The van der Waals surface area contributed by atoms with Crippen molar-refractivity contribution in [3.05, 3.63) is 40.2 Å². The molecule has 5 nitrogen and oxygen atoms in total. The SMILES string of the molecule is COc1ccc(C)cc1-c1cc(N)c(=O)n(CC(C)C)n1. The number of anilines is 1. The summed E-state index contributed by atoms with van der Waals surface area (Å²) in [6.07, 6.45) is 0. The first kappa shape index (κ1) is 15.1. The van der Waals surface area contributed by atoms with Gasteiger partial charge in [-0.3, -0.25) is 4.79 Å². The molecule has 1 aromatic heterocycles. The lowest BCUT2D eigenvalue weighted by molar-refractivity contribution is 0.415. The Morgan fingerprint density at radius 2 is 2.05 bits per heavy atom. The maximum atomic E-state index is 12.1. The van der Waals surface area contributed by atoms with Crippen molar-refractivity contribution in [3.63, 3.8) is 0 Å². The third kappa shape index (κ3) is 3.24. The van der Waals surface area contributed by atoms with Crippen LogP contribution in [0.25, 0.3) is 11.3 Å². The number of aryl methyl sites for hydroxylation is 1. The molecule has 112 valence electrons. The summed E-state index contributed by atoms with van der Waals surface area (Å²) in [7, 11) is 1.61. The molecule has 1 aromatic carbocycles. The maximum absolute atomic E-state index is 12.1. The fourth-order valence-electron chi connectivity index (χ4n) is 2.19. The van der Waals surface area contributed by atoms with Crippen molar-refractivity contribution in [2.24, 2.45) is 5.92 Å². The molecule has 0 aliphatic heterocycles. The van der Waals surface area contributed by atoms with Crippen LogP contribution in [0.1, 0.15) is 19.4 Å². The Hall–Kier alpha value is -2.30. The summed E-state index contributed by atoms with van der Waals surface area (Å²) in [6.45, 7) is 6.59. The number of nitrogen functional groups attached to an aromatic ring is 1. The lowest BCUT2D eigenvalue weighted by Gasteiger charge is -2.13. The van der Waals surface area contributed by atoms with E-state index in [1.165, 1.54) is 4.68 Å². The van der Waals surface area contributed by atoms with Crippen molar-refractivity contribution in [3.8, 4) is 17.0 Å². The molecular formula is C16H21N3O2. The number of ether oxygens (including phenoxy) is 1. The largest absolute Gasteiger partial charge is 0.496 e. The van der Waals surface area contributed by atoms with Gasteiger partial charge in [0.05, 0.1) is 12.8 Å². The van der Waals surface area contributed by atoms with Gasteiger partial charge in [-0.05, 0) is 31.0 Å². The van der Waals surface area contributed by atoms with E-state index in [4.69, 9.17) is 10.5 Å². The molecule has 0 unspecified atom stereocenters. The quantitative estimate of drug-likeness (QED) is 0.937. The molecule has 2 N–H and O–H groups in total. The lowest BCUT2D eigenvalue weighted by atomic mass is 10.1. The van der Waals surface area contributed by atoms with Gasteiger partial charge in [0.2, 0.25) is 0 Å². The van der Waals surface area contributed by atoms with Crippen LogP contribution >= 0.6 is 0 Å². The lowest BCUT2D eigenvalue weighted by Crippen LogP contribution is -2.27. The summed E-state index contributed by atoms with van der Waals surface area (Å²) in [5.74, 6) is 1.02. The predicted molar refractivity (Wildman–Crippen MR) is 84.5 cm³/mol. The molecule has 0 aliphatic rings. The van der Waals surface area contributed by atoms with E-state index in [1.807, 2.05) is 39.0 Å². The van der Waals surface area contributed by atoms with Crippen molar-refractivity contribution in [1.82, 2.24) is 9.78 Å². The average Bonchev–Trinajstić information content (AvgIpc) is 2.43. The Morgan fingerprint density at radius 1 is 1.33 bits per heavy atom. The van der Waals surface area contributed by atoms with E-state index < -0.39 is 0 Å². The number of benzene rings is 1. The molecule has 0 fully saturated rings. The van der Waals surface area contributed by atoms with Crippen molar-refractivity contribution in [1.29, 1.82) is 0 Å². The van der Waals surface area contributed by atoms with Gasteiger partial charge in [-0.1, -0.05) is 25.5 Å². The number of nitrogens with zero attached hydrogens (tertiary/aromatic N) is 2. The van der Waals surface area contributed by atoms with E-state index in [0.29, 0.717) is 23.9 Å². The second-order valence-corrected chi connectivity index (χ2v) is 5.57. The van der Waals surface area contributed by atoms with Gasteiger partial charge in [-0.25, -0.2) is 4.68 Å². The van der Waals surface area contributed by atoms with Crippen LogP contribution in [0.4, 0.5) is 5.69 Å². The first-order valence-electron chi connectivity index (χ1n) is 6.95. The van der Waals surface area contributed by atoms with E-state index in [-0.39, 0.29) is 11.2 Å². The van der Waals surface area contributed by atoms with E-state index in [2.05, 4.69) is 5.10 Å². The number of methoxy groups -OCH3 is 1. The number of hydrogen-bond acceptors (Lipinski definition) is 4. The highest BCUT2D eigenvalue weighted by atomic mass is 16.5.